The van der Waals surface area contributed by atoms with E-state index >= 15 is 0 Å². The van der Waals surface area contributed by atoms with E-state index in [0.717, 1.165) is 4.31 Å². The molecule has 11 heteroatoms. The van der Waals surface area contributed by atoms with E-state index in [0.29, 0.717) is 0 Å². The number of piperazine rings is 1. The Morgan fingerprint density at radius 3 is 1.92 bits per heavy atom. The standard InChI is InChI=1S/C13H14F6N2O2S/c1-20-4-6-21(7-5-20)24(22,23)11-8-9(12(14,15)16)2-3-10(11)13(17,18)19/h2-3,8H,4-7H2,1H3. The minimum atomic E-state index is -5.08. The molecule has 24 heavy (non-hydrogen) atoms. The molecule has 1 aromatic carbocycles. The third-order valence-corrected chi connectivity index (χ3v) is 5.63. The molecule has 0 N–H and O–H groups in total. The van der Waals surface area contributed by atoms with Crippen molar-refractivity contribution >= 4 is 10.0 Å². The zero-order valence-electron chi connectivity index (χ0n) is 12.4. The van der Waals surface area contributed by atoms with Gasteiger partial charge < -0.3 is 4.90 Å². The summed E-state index contributed by atoms with van der Waals surface area (Å²) in [6.07, 6.45) is -10.0. The maximum absolute atomic E-state index is 13.1. The first-order valence-electron chi connectivity index (χ1n) is 6.80. The van der Waals surface area contributed by atoms with Gasteiger partial charge in [-0.3, -0.25) is 0 Å². The van der Waals surface area contributed by atoms with Crippen LogP contribution in [-0.2, 0) is 22.4 Å². The van der Waals surface area contributed by atoms with Crippen molar-refractivity contribution in [2.24, 2.45) is 0 Å². The van der Waals surface area contributed by atoms with Crippen molar-refractivity contribution in [2.75, 3.05) is 33.2 Å². The number of halogens is 6. The first-order chi connectivity index (χ1) is 10.8. The summed E-state index contributed by atoms with van der Waals surface area (Å²) >= 11 is 0. The quantitative estimate of drug-likeness (QED) is 0.746. The summed E-state index contributed by atoms with van der Waals surface area (Å²) in [5.41, 5.74) is -3.04. The zero-order valence-corrected chi connectivity index (χ0v) is 13.3. The lowest BCUT2D eigenvalue weighted by Gasteiger charge is -2.32. The van der Waals surface area contributed by atoms with Crippen molar-refractivity contribution in [3.05, 3.63) is 29.3 Å². The normalized spacial score (nSPS) is 18.8. The summed E-state index contributed by atoms with van der Waals surface area (Å²) in [4.78, 5) is 0.400. The molecule has 0 bridgehead atoms. The lowest BCUT2D eigenvalue weighted by atomic mass is 10.1. The highest BCUT2D eigenvalue weighted by Crippen LogP contribution is 2.39. The van der Waals surface area contributed by atoms with Crippen molar-refractivity contribution in [2.45, 2.75) is 17.2 Å². The van der Waals surface area contributed by atoms with Crippen LogP contribution in [0.25, 0.3) is 0 Å². The number of alkyl halides is 6. The Morgan fingerprint density at radius 2 is 1.46 bits per heavy atom. The van der Waals surface area contributed by atoms with Gasteiger partial charge in [0.2, 0.25) is 10.0 Å². The Morgan fingerprint density at radius 1 is 0.917 bits per heavy atom. The Kier molecular flexibility index (Phi) is 4.90. The molecule has 1 saturated heterocycles. The van der Waals surface area contributed by atoms with Crippen LogP contribution in [0.4, 0.5) is 26.3 Å². The van der Waals surface area contributed by atoms with Crippen LogP contribution in [0.5, 0.6) is 0 Å². The number of likely N-dealkylation sites (N-methyl/N-ethyl adjacent to an activating group) is 1. The number of sulfonamides is 1. The second-order valence-electron chi connectivity index (χ2n) is 5.41. The molecule has 1 fully saturated rings. The fourth-order valence-corrected chi connectivity index (χ4v) is 3.97. The van der Waals surface area contributed by atoms with Crippen LogP contribution in [0.1, 0.15) is 11.1 Å². The minimum Gasteiger partial charge on any atom is -0.304 e. The topological polar surface area (TPSA) is 40.6 Å². The van der Waals surface area contributed by atoms with E-state index in [1.807, 2.05) is 0 Å². The lowest BCUT2D eigenvalue weighted by Crippen LogP contribution is -2.47. The first-order valence-corrected chi connectivity index (χ1v) is 8.24. The molecule has 1 aromatic rings. The van der Waals surface area contributed by atoms with Gasteiger partial charge in [-0.1, -0.05) is 0 Å². The zero-order chi connectivity index (χ0) is 18.3. The Balaban J connectivity index is 2.57. The maximum Gasteiger partial charge on any atom is 0.417 e. The molecule has 4 nitrogen and oxygen atoms in total. The van der Waals surface area contributed by atoms with E-state index < -0.39 is 38.4 Å². The van der Waals surface area contributed by atoms with Gasteiger partial charge in [-0.15, -0.1) is 0 Å². The van der Waals surface area contributed by atoms with Crippen LogP contribution in [0, 0.1) is 0 Å². The van der Waals surface area contributed by atoms with E-state index in [4.69, 9.17) is 0 Å². The van der Waals surface area contributed by atoms with Crippen LogP contribution < -0.4 is 0 Å². The third-order valence-electron chi connectivity index (χ3n) is 3.69. The van der Waals surface area contributed by atoms with Gasteiger partial charge in [0, 0.05) is 26.2 Å². The summed E-state index contributed by atoms with van der Waals surface area (Å²) in [6.45, 7) is 0.373. The second kappa shape index (κ2) is 6.19. The Hall–Kier alpha value is -1.33. The lowest BCUT2D eigenvalue weighted by molar-refractivity contribution is -0.143. The Bertz CT molecular complexity index is 706. The van der Waals surface area contributed by atoms with Crippen LogP contribution in [0.3, 0.4) is 0 Å². The van der Waals surface area contributed by atoms with Gasteiger partial charge in [0.05, 0.1) is 16.0 Å². The van der Waals surface area contributed by atoms with Gasteiger partial charge in [0.25, 0.3) is 0 Å². The van der Waals surface area contributed by atoms with E-state index in [2.05, 4.69) is 0 Å². The molecule has 0 aromatic heterocycles. The fraction of sp³-hybridized carbons (Fsp3) is 0.538. The van der Waals surface area contributed by atoms with Crippen LogP contribution in [0.15, 0.2) is 23.1 Å². The highest BCUT2D eigenvalue weighted by Gasteiger charge is 2.42. The molecule has 2 rings (SSSR count). The molecule has 0 saturated carbocycles. The molecule has 0 spiro atoms. The summed E-state index contributed by atoms with van der Waals surface area (Å²) in [5, 5.41) is 0. The van der Waals surface area contributed by atoms with Crippen molar-refractivity contribution < 1.29 is 34.8 Å². The van der Waals surface area contributed by atoms with E-state index in [1.54, 1.807) is 11.9 Å². The van der Waals surface area contributed by atoms with Crippen molar-refractivity contribution in [3.63, 3.8) is 0 Å². The predicted octanol–water partition coefficient (Wildman–Crippen LogP) is 2.66. The third kappa shape index (κ3) is 3.83. The van der Waals surface area contributed by atoms with Gasteiger partial charge >= 0.3 is 12.4 Å². The minimum absolute atomic E-state index is 0.0521. The molecule has 0 unspecified atom stereocenters. The van der Waals surface area contributed by atoms with Gasteiger partial charge in [-0.05, 0) is 25.2 Å². The molecular weight excluding hydrogens is 362 g/mol. The van der Waals surface area contributed by atoms with E-state index in [1.165, 1.54) is 0 Å². The number of benzene rings is 1. The molecular formula is C13H14F6N2O2S. The molecule has 0 radical (unpaired) electrons. The molecule has 136 valence electrons. The van der Waals surface area contributed by atoms with Gasteiger partial charge in [0.15, 0.2) is 0 Å². The smallest absolute Gasteiger partial charge is 0.304 e. The van der Waals surface area contributed by atoms with E-state index in [9.17, 15) is 34.8 Å². The van der Waals surface area contributed by atoms with Gasteiger partial charge in [-0.2, -0.15) is 30.6 Å². The second-order valence-corrected chi connectivity index (χ2v) is 7.32. The van der Waals surface area contributed by atoms with Crippen LogP contribution >= 0.6 is 0 Å². The molecule has 0 atom stereocenters. The SMILES string of the molecule is CN1CCN(S(=O)(=O)c2cc(C(F)(F)F)ccc2C(F)(F)F)CC1. The van der Waals surface area contributed by atoms with Crippen molar-refractivity contribution in [1.82, 2.24) is 9.21 Å². The van der Waals surface area contributed by atoms with Crippen molar-refractivity contribution in [3.8, 4) is 0 Å². The van der Waals surface area contributed by atoms with Gasteiger partial charge in [-0.25, -0.2) is 8.42 Å². The maximum atomic E-state index is 13.1. The average molecular weight is 376 g/mol. The summed E-state index contributed by atoms with van der Waals surface area (Å²) in [6, 6.07) is 0.439. The molecule has 0 aliphatic carbocycles. The molecule has 1 aliphatic rings. The summed E-state index contributed by atoms with van der Waals surface area (Å²) in [7, 11) is -2.99. The monoisotopic (exact) mass is 376 g/mol. The van der Waals surface area contributed by atoms with Gasteiger partial charge in [0.1, 0.15) is 0 Å². The van der Waals surface area contributed by atoms with E-state index in [-0.39, 0.29) is 44.4 Å². The highest BCUT2D eigenvalue weighted by atomic mass is 32.2. The van der Waals surface area contributed by atoms with Crippen molar-refractivity contribution in [1.29, 1.82) is 0 Å². The predicted molar refractivity (Wildman–Crippen MR) is 72.7 cm³/mol. The number of hydrogen-bond acceptors (Lipinski definition) is 3. The Labute approximate surface area is 134 Å². The number of rotatable bonds is 2. The fourth-order valence-electron chi connectivity index (χ4n) is 2.31. The highest BCUT2D eigenvalue weighted by molar-refractivity contribution is 7.89. The number of hydrogen-bond donors (Lipinski definition) is 0. The largest absolute Gasteiger partial charge is 0.417 e. The molecule has 1 aliphatic heterocycles. The first kappa shape index (κ1) is 19.0. The molecule has 1 heterocycles. The summed E-state index contributed by atoms with van der Waals surface area (Å²) < 4.78 is 103. The van der Waals surface area contributed by atoms with Crippen LogP contribution in [-0.4, -0.2) is 50.8 Å². The average Bonchev–Trinajstić information content (AvgIpc) is 2.45. The number of nitrogens with zero attached hydrogens (tertiary/aromatic N) is 2. The summed E-state index contributed by atoms with van der Waals surface area (Å²) in [5.74, 6) is 0. The van der Waals surface area contributed by atoms with Crippen LogP contribution in [0.2, 0.25) is 0 Å². The molecule has 0 amide bonds.